The first-order valence-corrected chi connectivity index (χ1v) is 40.8. The fraction of sp³-hybridized carbons (Fsp3) is 0.337. The first-order chi connectivity index (χ1) is 59.7. The summed E-state index contributed by atoms with van der Waals surface area (Å²) in [5, 5.41) is 21.2. The number of nitrogens with one attached hydrogen (secondary N) is 4. The standard InChI is InChI=1S/C43H44N6O9.C28H35N3O7.C21H20N2O5/c1-4-5-16-48-25-29(21-34(48)41(52)47-28-12-13-35-27(18-28)20-38(58-35)42(53)44-15-14-40(51)56-3)46-39(50)11-8-17-57-37-23-32-31(22-36(37)55-2)43(54)49-30(24-45-32)19-26-9-6-7-10-33(26)49;1-28(2,3)38-27(35)30-11-6-12-31-17-20(29)16-21(31)23(33)14-18-9-10-24-19(13-18)15-25(37-24)22(32)7-5-8-26(34)36-4;1-27-18-10-15-16(11-19(18)28-8-4-7-20(24)25)22-12-14-9-13-5-2-3-6-17(13)23(14)21(15)26/h6-7,9-10,12-13,18,20-25,30H,4-5,8,11,14-17,19H2,1-3H3,(H,44,53)(H,46,50)(H,47,52);9-10,13,15-17H,5-8,11-12,14,29H2,1-4H3,(H,30,35);2-3,5-6,10-12,14H,4,7-9H2,1H3,(H,24,25)/t30-;;14-/m0.0/s1. The molecule has 0 saturated heterocycles. The fourth-order valence-electron chi connectivity index (χ4n) is 14.5. The van der Waals surface area contributed by atoms with E-state index in [0.29, 0.717) is 142 Å². The zero-order chi connectivity index (χ0) is 88.3. The number of carboxylic acids is 1. The van der Waals surface area contributed by atoms with Crippen LogP contribution in [-0.4, -0.2) is 164 Å². The molecule has 2 atom stereocenters. The van der Waals surface area contributed by atoms with Crippen molar-refractivity contribution in [3.8, 4) is 23.0 Å². The number of furan rings is 2. The van der Waals surface area contributed by atoms with Crippen LogP contribution in [0.1, 0.15) is 178 Å². The van der Waals surface area contributed by atoms with Gasteiger partial charge in [0.15, 0.2) is 46.1 Å². The number of unbranched alkanes of at least 4 members (excludes halogenated alkanes) is 1. The number of benzene rings is 6. The lowest BCUT2D eigenvalue weighted by molar-refractivity contribution is -0.141. The maximum Gasteiger partial charge on any atom is 0.407 e. The van der Waals surface area contributed by atoms with E-state index in [-0.39, 0.29) is 123 Å². The molecule has 4 aliphatic heterocycles. The normalized spacial score (nSPS) is 13.8. The Morgan fingerprint density at radius 3 is 1.72 bits per heavy atom. The molecular formula is C92H99N11O21. The molecule has 7 N–H and O–H groups in total. The second kappa shape index (κ2) is 40.8. The number of aliphatic imine (C=N–C) groups is 2. The highest BCUT2D eigenvalue weighted by Gasteiger charge is 2.39. The third-order valence-corrected chi connectivity index (χ3v) is 20.5. The van der Waals surface area contributed by atoms with E-state index in [2.05, 4.69) is 47.6 Å². The van der Waals surface area contributed by atoms with E-state index in [1.165, 1.54) is 28.4 Å². The third-order valence-electron chi connectivity index (χ3n) is 20.5. The van der Waals surface area contributed by atoms with Gasteiger partial charge in [0.25, 0.3) is 23.6 Å². The average Bonchev–Trinajstić information content (AvgIpc) is 1.61. The van der Waals surface area contributed by atoms with Crippen molar-refractivity contribution in [2.45, 2.75) is 148 Å². The van der Waals surface area contributed by atoms with Crippen molar-refractivity contribution >= 4 is 139 Å². The van der Waals surface area contributed by atoms with Crippen molar-refractivity contribution in [3.05, 3.63) is 197 Å². The van der Waals surface area contributed by atoms with Crippen molar-refractivity contribution < 1.29 is 99.8 Å². The summed E-state index contributed by atoms with van der Waals surface area (Å²) >= 11 is 0. The van der Waals surface area contributed by atoms with E-state index in [1.54, 1.807) is 139 Å². The molecule has 10 aromatic rings. The van der Waals surface area contributed by atoms with Gasteiger partial charge in [-0.1, -0.05) is 55.8 Å². The minimum Gasteiger partial charge on any atom is -0.493 e. The number of nitrogens with zero attached hydrogens (tertiary/aromatic N) is 6. The number of para-hydroxylation sites is 2. The van der Waals surface area contributed by atoms with Gasteiger partial charge < -0.3 is 83.2 Å². The van der Waals surface area contributed by atoms with Crippen LogP contribution in [-0.2, 0) is 65.7 Å². The molecule has 14 rings (SSSR count). The molecule has 0 aliphatic carbocycles. The summed E-state index contributed by atoms with van der Waals surface area (Å²) in [6.07, 6.45) is 12.1. The average molecular weight is 1690 g/mol. The minimum atomic E-state index is -0.867. The van der Waals surface area contributed by atoms with Crippen LogP contribution in [0.4, 0.5) is 44.6 Å². The fourth-order valence-corrected chi connectivity index (χ4v) is 14.5. The summed E-state index contributed by atoms with van der Waals surface area (Å²) in [7, 11) is 5.60. The first kappa shape index (κ1) is 88.9. The van der Waals surface area contributed by atoms with E-state index in [1.807, 2.05) is 59.2 Å². The number of alkyl carbamates (subject to hydrolysis) is 1. The predicted octanol–water partition coefficient (Wildman–Crippen LogP) is 14.6. The Hall–Kier alpha value is -14.3. The first-order valence-electron chi connectivity index (χ1n) is 40.8. The van der Waals surface area contributed by atoms with E-state index >= 15 is 0 Å². The number of ether oxygens (including phenoxy) is 7. The van der Waals surface area contributed by atoms with Gasteiger partial charge in [-0.15, -0.1) is 0 Å². The van der Waals surface area contributed by atoms with Crippen LogP contribution in [0.25, 0.3) is 21.9 Å². The summed E-state index contributed by atoms with van der Waals surface area (Å²) in [5.41, 5.74) is 15.4. The molecule has 32 heteroatoms. The van der Waals surface area contributed by atoms with Crippen molar-refractivity contribution in [2.75, 3.05) is 80.9 Å². The van der Waals surface area contributed by atoms with Crippen molar-refractivity contribution in [1.82, 2.24) is 19.8 Å². The minimum absolute atomic E-state index is 0.0277. The quantitative estimate of drug-likeness (QED) is 0.00944. The van der Waals surface area contributed by atoms with Gasteiger partial charge in [-0.3, -0.25) is 67.7 Å². The maximum absolute atomic E-state index is 13.7. The molecule has 0 saturated carbocycles. The summed E-state index contributed by atoms with van der Waals surface area (Å²) in [5.74, 6) is -1.39. The molecule has 0 fully saturated rings. The van der Waals surface area contributed by atoms with Gasteiger partial charge in [0.05, 0.1) is 99.7 Å². The number of hydrogen-bond acceptors (Lipinski definition) is 23. The number of methoxy groups -OCH3 is 4. The number of fused-ring (bicyclic) bond motifs is 10. The van der Waals surface area contributed by atoms with E-state index in [9.17, 15) is 52.7 Å². The maximum atomic E-state index is 13.7. The van der Waals surface area contributed by atoms with Crippen molar-refractivity contribution in [3.63, 3.8) is 0 Å². The second-order valence-corrected chi connectivity index (χ2v) is 30.7. The Balaban J connectivity index is 0.000000183. The predicted molar refractivity (Wildman–Crippen MR) is 464 cm³/mol. The van der Waals surface area contributed by atoms with Crippen LogP contribution >= 0.6 is 0 Å². The van der Waals surface area contributed by atoms with Gasteiger partial charge in [-0.25, -0.2) is 4.79 Å². The van der Waals surface area contributed by atoms with E-state index < -0.39 is 29.5 Å². The monoisotopic (exact) mass is 1690 g/mol. The second-order valence-electron chi connectivity index (χ2n) is 30.7. The Morgan fingerprint density at radius 2 is 1.11 bits per heavy atom. The Morgan fingerprint density at radius 1 is 0.540 bits per heavy atom. The largest absolute Gasteiger partial charge is 0.493 e. The summed E-state index contributed by atoms with van der Waals surface area (Å²) in [4.78, 5) is 149. The third kappa shape index (κ3) is 22.4. The molecule has 32 nitrogen and oxygen atoms in total. The SMILES string of the molecule is CCCCn1cc(NC(=O)CCCOc2cc3c(cc2OC)C(=O)N2c4ccccc4C[C@H]2C=N3)cc1C(=O)Nc1ccc2oc(C(=O)NCCC(=O)OC)cc2c1.COC(=O)CCCC(=O)c1cc2cc(CC(=O)c3cc(N)cn3CCCNC(=O)OC(C)(C)C)ccc2o1.COc1cc2c(cc1OCCCC(=O)O)N=C[C@@H]1Cc3ccccc3N1C2=O. The molecule has 648 valence electrons. The molecule has 8 heterocycles. The number of amides is 6. The summed E-state index contributed by atoms with van der Waals surface area (Å²) < 4.78 is 52.0. The Kier molecular flexibility index (Phi) is 29.3. The lowest BCUT2D eigenvalue weighted by atomic mass is 10.0. The summed E-state index contributed by atoms with van der Waals surface area (Å²) in [6, 6.07) is 39.0. The number of aromatic nitrogens is 2. The number of carboxylic acid groups (broad SMARTS) is 1. The lowest BCUT2D eigenvalue weighted by Gasteiger charge is -2.22. The molecule has 0 radical (unpaired) electrons. The number of rotatable bonds is 34. The van der Waals surface area contributed by atoms with Crippen molar-refractivity contribution in [2.24, 2.45) is 9.98 Å². The number of esters is 2. The van der Waals surface area contributed by atoms with Gasteiger partial charge in [-0.2, -0.15) is 0 Å². The number of anilines is 5. The summed E-state index contributed by atoms with van der Waals surface area (Å²) in [6.45, 7) is 9.44. The number of carbonyl (C=O) groups is 11. The van der Waals surface area contributed by atoms with Gasteiger partial charge in [0, 0.05) is 136 Å². The zero-order valence-corrected chi connectivity index (χ0v) is 70.2. The van der Waals surface area contributed by atoms with Crippen LogP contribution < -0.4 is 55.7 Å². The molecule has 0 unspecified atom stereocenters. The number of Topliss-reactive ketones (excluding diaryl/α,β-unsaturated/α-hetero) is 2. The lowest BCUT2D eigenvalue weighted by Crippen LogP contribution is -2.37. The van der Waals surface area contributed by atoms with Gasteiger partial charge in [-0.05, 0) is 148 Å². The number of aliphatic carboxylic acids is 1. The van der Waals surface area contributed by atoms with Crippen molar-refractivity contribution in [1.29, 1.82) is 0 Å². The number of carbonyl (C=O) groups excluding carboxylic acids is 10. The van der Waals surface area contributed by atoms with Gasteiger partial charge in [0.1, 0.15) is 22.5 Å². The molecule has 124 heavy (non-hydrogen) atoms. The smallest absolute Gasteiger partial charge is 0.407 e. The van der Waals surface area contributed by atoms with E-state index in [0.717, 1.165) is 52.7 Å². The number of hydrogen-bond donors (Lipinski definition) is 6. The zero-order valence-electron chi connectivity index (χ0n) is 70.2. The highest BCUT2D eigenvalue weighted by Crippen LogP contribution is 2.44. The number of ketones is 2. The van der Waals surface area contributed by atoms with Gasteiger partial charge >= 0.3 is 24.0 Å². The molecular weight excluding hydrogens is 1600 g/mol. The highest BCUT2D eigenvalue weighted by molar-refractivity contribution is 6.16. The highest BCUT2D eigenvalue weighted by atomic mass is 16.6. The van der Waals surface area contributed by atoms with Crippen LogP contribution in [0.5, 0.6) is 23.0 Å². The molecule has 0 bridgehead atoms. The van der Waals surface area contributed by atoms with Gasteiger partial charge in [0.2, 0.25) is 5.91 Å². The molecule has 6 amide bonds. The van der Waals surface area contributed by atoms with Crippen LogP contribution in [0, 0.1) is 0 Å². The molecule has 4 aliphatic rings. The number of nitrogens with two attached hydrogens (primary N) is 1. The topological polar surface area (TPSA) is 414 Å². The van der Waals surface area contributed by atoms with Crippen LogP contribution in [0.2, 0.25) is 0 Å². The van der Waals surface area contributed by atoms with E-state index in [4.69, 9.17) is 43.4 Å². The number of aryl methyl sites for hydroxylation is 2. The Bertz CT molecular complexity index is 5740. The Labute approximate surface area is 714 Å². The van der Waals surface area contributed by atoms with Crippen LogP contribution in [0.3, 0.4) is 0 Å². The number of nitrogen functional groups attached to an aromatic ring is 1. The molecule has 6 aromatic carbocycles. The molecule has 4 aromatic heterocycles. The van der Waals surface area contributed by atoms with Crippen LogP contribution in [0.15, 0.2) is 165 Å². The molecule has 0 spiro atoms.